The molecule has 0 saturated heterocycles. The van der Waals surface area contributed by atoms with Gasteiger partial charge in [0.1, 0.15) is 0 Å². The molecule has 0 unspecified atom stereocenters. The minimum Gasteiger partial charge on any atom is -0.465 e. The monoisotopic (exact) mass is 221 g/mol. The third-order valence-corrected chi connectivity index (χ3v) is 1.86. The maximum atomic E-state index is 11.0. The van der Waals surface area contributed by atoms with Crippen LogP contribution in [0.15, 0.2) is 18.2 Å². The minimum absolute atomic E-state index is 0. The highest BCUT2D eigenvalue weighted by Gasteiger charge is 2.11. The third-order valence-electron chi connectivity index (χ3n) is 1.43. The Labute approximate surface area is 87.2 Å². The van der Waals surface area contributed by atoms with Crippen molar-refractivity contribution in [3.05, 3.63) is 28.8 Å². The molecule has 0 saturated carbocycles. The van der Waals surface area contributed by atoms with E-state index in [-0.39, 0.29) is 17.4 Å². The van der Waals surface area contributed by atoms with Crippen molar-refractivity contribution < 1.29 is 9.53 Å². The summed E-state index contributed by atoms with van der Waals surface area (Å²) in [4.78, 5) is 11.0. The molecule has 0 spiro atoms. The average Bonchev–Trinajstić information content (AvgIpc) is 2.08. The van der Waals surface area contributed by atoms with Crippen molar-refractivity contribution in [2.45, 2.75) is 0 Å². The van der Waals surface area contributed by atoms with E-state index >= 15 is 0 Å². The maximum absolute atomic E-state index is 11.0. The van der Waals surface area contributed by atoms with Gasteiger partial charge >= 0.3 is 5.97 Å². The molecule has 1 rings (SSSR count). The molecule has 0 heterocycles. The summed E-state index contributed by atoms with van der Waals surface area (Å²) in [6.07, 6.45) is 0. The molecule has 0 bridgehead atoms. The summed E-state index contributed by atoms with van der Waals surface area (Å²) in [5, 5.41) is 0.240. The quantitative estimate of drug-likeness (QED) is 0.584. The largest absolute Gasteiger partial charge is 0.465 e. The Balaban J connectivity index is 0.00000144. The first-order valence-electron chi connectivity index (χ1n) is 3.29. The van der Waals surface area contributed by atoms with Gasteiger partial charge in [0.25, 0.3) is 0 Å². The molecule has 0 atom stereocenters. The number of methoxy groups -OCH3 is 1. The van der Waals surface area contributed by atoms with Crippen molar-refractivity contribution in [2.75, 3.05) is 12.8 Å². The molecule has 1 aromatic carbocycles. The van der Waals surface area contributed by atoms with Crippen LogP contribution in [-0.4, -0.2) is 13.1 Å². The SMILES string of the molecule is COC(=O)c1cccc(N)c1Cl.Cl. The fraction of sp³-hybridized carbons (Fsp3) is 0.125. The number of carbonyl (C=O) groups excluding carboxylic acids is 1. The molecule has 1 aromatic rings. The lowest BCUT2D eigenvalue weighted by Gasteiger charge is -2.03. The third kappa shape index (κ3) is 2.50. The van der Waals surface area contributed by atoms with Crippen molar-refractivity contribution in [1.29, 1.82) is 0 Å². The van der Waals surface area contributed by atoms with Gasteiger partial charge in [-0.2, -0.15) is 0 Å². The Morgan fingerprint density at radius 1 is 1.54 bits per heavy atom. The van der Waals surface area contributed by atoms with Gasteiger partial charge < -0.3 is 10.5 Å². The zero-order valence-electron chi connectivity index (χ0n) is 6.91. The fourth-order valence-corrected chi connectivity index (χ4v) is 1.02. The number of nitrogens with two attached hydrogens (primary N) is 1. The number of benzene rings is 1. The van der Waals surface area contributed by atoms with E-state index < -0.39 is 5.97 Å². The van der Waals surface area contributed by atoms with Crippen LogP contribution in [0.1, 0.15) is 10.4 Å². The lowest BCUT2D eigenvalue weighted by atomic mass is 10.2. The molecule has 0 aliphatic rings. The topological polar surface area (TPSA) is 52.3 Å². The summed E-state index contributed by atoms with van der Waals surface area (Å²) in [7, 11) is 1.29. The van der Waals surface area contributed by atoms with E-state index in [1.807, 2.05) is 0 Å². The van der Waals surface area contributed by atoms with E-state index in [0.717, 1.165) is 0 Å². The van der Waals surface area contributed by atoms with E-state index in [4.69, 9.17) is 17.3 Å². The predicted molar refractivity (Wildman–Crippen MR) is 54.5 cm³/mol. The number of ether oxygens (including phenoxy) is 1. The number of esters is 1. The highest BCUT2D eigenvalue weighted by molar-refractivity contribution is 6.36. The Bertz CT molecular complexity index is 315. The average molecular weight is 222 g/mol. The Morgan fingerprint density at radius 3 is 2.69 bits per heavy atom. The second kappa shape index (κ2) is 4.94. The second-order valence-electron chi connectivity index (χ2n) is 2.20. The minimum atomic E-state index is -0.479. The van der Waals surface area contributed by atoms with Gasteiger partial charge in [-0.1, -0.05) is 17.7 Å². The van der Waals surface area contributed by atoms with Gasteiger partial charge in [-0.05, 0) is 12.1 Å². The Morgan fingerprint density at radius 2 is 2.15 bits per heavy atom. The lowest BCUT2D eigenvalue weighted by Crippen LogP contribution is -2.03. The standard InChI is InChI=1S/C8H8ClNO2.ClH/c1-12-8(11)5-3-2-4-6(10)7(5)9;/h2-4H,10H2,1H3;1H. The van der Waals surface area contributed by atoms with Crippen LogP contribution in [0.3, 0.4) is 0 Å². The number of halogens is 2. The molecule has 0 aromatic heterocycles. The highest BCUT2D eigenvalue weighted by Crippen LogP contribution is 2.23. The first-order valence-corrected chi connectivity index (χ1v) is 3.67. The molecule has 3 nitrogen and oxygen atoms in total. The smallest absolute Gasteiger partial charge is 0.339 e. The van der Waals surface area contributed by atoms with E-state index in [1.54, 1.807) is 18.2 Å². The van der Waals surface area contributed by atoms with Crippen LogP contribution < -0.4 is 5.73 Å². The lowest BCUT2D eigenvalue weighted by molar-refractivity contribution is 0.0601. The van der Waals surface area contributed by atoms with Crippen LogP contribution in [0.4, 0.5) is 5.69 Å². The second-order valence-corrected chi connectivity index (χ2v) is 2.58. The van der Waals surface area contributed by atoms with Crippen LogP contribution in [-0.2, 0) is 4.74 Å². The molecular weight excluding hydrogens is 213 g/mol. The van der Waals surface area contributed by atoms with Gasteiger partial charge in [-0.3, -0.25) is 0 Å². The van der Waals surface area contributed by atoms with Crippen LogP contribution in [0, 0.1) is 0 Å². The van der Waals surface area contributed by atoms with E-state index in [0.29, 0.717) is 11.3 Å². The highest BCUT2D eigenvalue weighted by atomic mass is 35.5. The van der Waals surface area contributed by atoms with E-state index in [9.17, 15) is 4.79 Å². The van der Waals surface area contributed by atoms with Gasteiger partial charge in [-0.15, -0.1) is 12.4 Å². The summed E-state index contributed by atoms with van der Waals surface area (Å²) in [5.41, 5.74) is 6.14. The summed E-state index contributed by atoms with van der Waals surface area (Å²) < 4.78 is 4.49. The number of anilines is 1. The molecular formula is C8H9Cl2NO2. The first kappa shape index (κ1) is 12.1. The van der Waals surface area contributed by atoms with Crippen LogP contribution in [0.2, 0.25) is 5.02 Å². The van der Waals surface area contributed by atoms with Crippen LogP contribution in [0.5, 0.6) is 0 Å². The van der Waals surface area contributed by atoms with E-state index in [2.05, 4.69) is 4.74 Å². The molecule has 0 radical (unpaired) electrons. The van der Waals surface area contributed by atoms with Crippen molar-refractivity contribution in [3.63, 3.8) is 0 Å². The molecule has 5 heteroatoms. The first-order chi connectivity index (χ1) is 5.66. The number of nitrogen functional groups attached to an aromatic ring is 1. The summed E-state index contributed by atoms with van der Waals surface area (Å²) in [5.74, 6) is -0.479. The van der Waals surface area contributed by atoms with Gasteiger partial charge in [0.2, 0.25) is 0 Å². The van der Waals surface area contributed by atoms with Gasteiger partial charge in [0, 0.05) is 0 Å². The van der Waals surface area contributed by atoms with Crippen LogP contribution in [0.25, 0.3) is 0 Å². The Kier molecular flexibility index (Phi) is 4.59. The zero-order chi connectivity index (χ0) is 9.14. The maximum Gasteiger partial charge on any atom is 0.339 e. The molecule has 0 fully saturated rings. The molecule has 13 heavy (non-hydrogen) atoms. The van der Waals surface area contributed by atoms with Crippen LogP contribution >= 0.6 is 24.0 Å². The normalized spacial score (nSPS) is 8.77. The summed E-state index contributed by atoms with van der Waals surface area (Å²) >= 11 is 5.74. The van der Waals surface area contributed by atoms with Crippen molar-refractivity contribution in [3.8, 4) is 0 Å². The van der Waals surface area contributed by atoms with Gasteiger partial charge in [-0.25, -0.2) is 4.79 Å². The Hall–Kier alpha value is -0.930. The van der Waals surface area contributed by atoms with Gasteiger partial charge in [0.05, 0.1) is 23.4 Å². The number of hydrogen-bond donors (Lipinski definition) is 1. The predicted octanol–water partition coefficient (Wildman–Crippen LogP) is 2.13. The van der Waals surface area contributed by atoms with Crippen molar-refractivity contribution in [1.82, 2.24) is 0 Å². The number of carbonyl (C=O) groups is 1. The number of rotatable bonds is 1. The molecule has 0 aliphatic heterocycles. The molecule has 72 valence electrons. The zero-order valence-corrected chi connectivity index (χ0v) is 8.48. The summed E-state index contributed by atoms with van der Waals surface area (Å²) in [6, 6.07) is 4.83. The number of hydrogen-bond acceptors (Lipinski definition) is 3. The fourth-order valence-electron chi connectivity index (χ4n) is 0.817. The van der Waals surface area contributed by atoms with Crippen molar-refractivity contribution in [2.24, 2.45) is 0 Å². The van der Waals surface area contributed by atoms with E-state index in [1.165, 1.54) is 7.11 Å². The van der Waals surface area contributed by atoms with Crippen molar-refractivity contribution >= 4 is 35.7 Å². The molecule has 0 aliphatic carbocycles. The molecule has 0 amide bonds. The molecule has 2 N–H and O–H groups in total. The summed E-state index contributed by atoms with van der Waals surface area (Å²) in [6.45, 7) is 0. The van der Waals surface area contributed by atoms with Gasteiger partial charge in [0.15, 0.2) is 0 Å².